The van der Waals surface area contributed by atoms with Gasteiger partial charge in [-0.25, -0.2) is 9.78 Å². The van der Waals surface area contributed by atoms with Gasteiger partial charge in [-0.3, -0.25) is 9.89 Å². The molecular weight excluding hydrogens is 529 g/mol. The molecule has 0 bridgehead atoms. The molecule has 0 saturated carbocycles. The van der Waals surface area contributed by atoms with E-state index in [4.69, 9.17) is 14.5 Å². The maximum Gasteiger partial charge on any atom is 0.350 e. The van der Waals surface area contributed by atoms with Gasteiger partial charge < -0.3 is 20.1 Å². The summed E-state index contributed by atoms with van der Waals surface area (Å²) < 4.78 is 10.6. The molecule has 2 rings (SSSR count). The number of esters is 1. The molecule has 178 valence electrons. The van der Waals surface area contributed by atoms with Crippen LogP contribution in [0.1, 0.15) is 61.0 Å². The number of guanidine groups is 1. The molecule has 1 fully saturated rings. The molecule has 0 aromatic carbocycles. The highest BCUT2D eigenvalue weighted by Crippen LogP contribution is 2.24. The topological polar surface area (TPSA) is 88.1 Å². The highest BCUT2D eigenvalue weighted by Gasteiger charge is 2.24. The first-order valence-electron chi connectivity index (χ1n) is 10.9. The van der Waals surface area contributed by atoms with Crippen molar-refractivity contribution in [2.24, 2.45) is 10.9 Å². The molecule has 0 aliphatic carbocycles. The van der Waals surface area contributed by atoms with Gasteiger partial charge in [0.25, 0.3) is 0 Å². The Bertz CT molecular complexity index is 707. The highest BCUT2D eigenvalue weighted by molar-refractivity contribution is 14.0. The SMILES string of the molecule is CCNC(=NCC(C(C)C)N1CCOCC1)NC(C)c1nc(C)c(C(=O)OCC)s1.I. The highest BCUT2D eigenvalue weighted by atomic mass is 127. The van der Waals surface area contributed by atoms with E-state index in [9.17, 15) is 4.79 Å². The van der Waals surface area contributed by atoms with E-state index in [2.05, 4.69) is 41.3 Å². The van der Waals surface area contributed by atoms with Crippen molar-refractivity contribution in [3.8, 4) is 0 Å². The van der Waals surface area contributed by atoms with Crippen molar-refractivity contribution in [3.05, 3.63) is 15.6 Å². The lowest BCUT2D eigenvalue weighted by molar-refractivity contribution is 0.00867. The molecule has 2 atom stereocenters. The van der Waals surface area contributed by atoms with E-state index < -0.39 is 0 Å². The van der Waals surface area contributed by atoms with Crippen molar-refractivity contribution < 1.29 is 14.3 Å². The van der Waals surface area contributed by atoms with Gasteiger partial charge in [-0.15, -0.1) is 35.3 Å². The fourth-order valence-corrected chi connectivity index (χ4v) is 4.38. The van der Waals surface area contributed by atoms with Gasteiger partial charge in [0, 0.05) is 25.7 Å². The van der Waals surface area contributed by atoms with Crippen LogP contribution in [0.15, 0.2) is 4.99 Å². The van der Waals surface area contributed by atoms with E-state index in [0.717, 1.165) is 43.8 Å². The second-order valence-electron chi connectivity index (χ2n) is 7.73. The van der Waals surface area contributed by atoms with Crippen LogP contribution in [0.4, 0.5) is 0 Å². The molecule has 0 radical (unpaired) electrons. The van der Waals surface area contributed by atoms with Crippen molar-refractivity contribution >= 4 is 47.2 Å². The van der Waals surface area contributed by atoms with Gasteiger partial charge >= 0.3 is 5.97 Å². The first-order chi connectivity index (χ1) is 14.4. The lowest BCUT2D eigenvalue weighted by Gasteiger charge is -2.36. The Labute approximate surface area is 207 Å². The minimum atomic E-state index is -0.309. The number of rotatable bonds is 9. The number of aromatic nitrogens is 1. The Morgan fingerprint density at radius 2 is 1.97 bits per heavy atom. The summed E-state index contributed by atoms with van der Waals surface area (Å²) in [5.74, 6) is 0.951. The summed E-state index contributed by atoms with van der Waals surface area (Å²) in [6, 6.07) is 0.299. The number of aliphatic imine (C=N–C) groups is 1. The number of nitrogens with one attached hydrogen (secondary N) is 2. The van der Waals surface area contributed by atoms with Gasteiger partial charge in [0.1, 0.15) is 9.88 Å². The second kappa shape index (κ2) is 14.2. The van der Waals surface area contributed by atoms with E-state index >= 15 is 0 Å². The van der Waals surface area contributed by atoms with Gasteiger partial charge in [0.15, 0.2) is 5.96 Å². The summed E-state index contributed by atoms with van der Waals surface area (Å²) in [7, 11) is 0. The summed E-state index contributed by atoms with van der Waals surface area (Å²) in [4.78, 5) is 24.6. The quantitative estimate of drug-likeness (QED) is 0.205. The number of aryl methyl sites for hydroxylation is 1. The molecule has 1 aromatic heterocycles. The predicted molar refractivity (Wildman–Crippen MR) is 137 cm³/mol. The molecule has 2 unspecified atom stereocenters. The van der Waals surface area contributed by atoms with Crippen LogP contribution in [0.3, 0.4) is 0 Å². The van der Waals surface area contributed by atoms with Gasteiger partial charge in [-0.2, -0.15) is 0 Å². The zero-order valence-corrected chi connectivity index (χ0v) is 22.7. The average molecular weight is 568 g/mol. The first kappa shape index (κ1) is 28.1. The summed E-state index contributed by atoms with van der Waals surface area (Å²) in [5.41, 5.74) is 0.705. The largest absolute Gasteiger partial charge is 0.462 e. The second-order valence-corrected chi connectivity index (χ2v) is 8.76. The lowest BCUT2D eigenvalue weighted by Crippen LogP contribution is -2.48. The van der Waals surface area contributed by atoms with Crippen molar-refractivity contribution in [3.63, 3.8) is 0 Å². The standard InChI is InChI=1S/C21H37N5O3S.HI/c1-7-22-21(23-13-17(14(3)4)26-9-11-28-12-10-26)25-16(6)19-24-15(5)18(30-19)20(27)29-8-2;/h14,16-17H,7-13H2,1-6H3,(H2,22,23,25);1H. The summed E-state index contributed by atoms with van der Waals surface area (Å²) >= 11 is 1.37. The number of hydrogen-bond donors (Lipinski definition) is 2. The summed E-state index contributed by atoms with van der Waals surface area (Å²) in [6.45, 7) is 17.5. The normalized spacial score (nSPS) is 17.1. The van der Waals surface area contributed by atoms with Crippen molar-refractivity contribution in [1.29, 1.82) is 0 Å². The van der Waals surface area contributed by atoms with Crippen LogP contribution in [0, 0.1) is 12.8 Å². The average Bonchev–Trinajstić information content (AvgIpc) is 3.11. The molecule has 8 nitrogen and oxygen atoms in total. The maximum atomic E-state index is 12.1. The third-order valence-electron chi connectivity index (χ3n) is 5.06. The number of carbonyl (C=O) groups is 1. The Morgan fingerprint density at radius 3 is 2.55 bits per heavy atom. The zero-order chi connectivity index (χ0) is 22.1. The Kier molecular flexibility index (Phi) is 12.9. The molecule has 10 heteroatoms. The van der Waals surface area contributed by atoms with E-state index in [1.807, 2.05) is 13.8 Å². The molecule has 1 aromatic rings. The smallest absolute Gasteiger partial charge is 0.350 e. The van der Waals surface area contributed by atoms with Crippen LogP contribution in [0.25, 0.3) is 0 Å². The van der Waals surface area contributed by atoms with Crippen LogP contribution < -0.4 is 10.6 Å². The number of halogens is 1. The van der Waals surface area contributed by atoms with Crippen LogP contribution >= 0.6 is 35.3 Å². The van der Waals surface area contributed by atoms with E-state index in [0.29, 0.717) is 35.7 Å². The minimum absolute atomic E-state index is 0. The van der Waals surface area contributed by atoms with Gasteiger partial charge in [0.05, 0.1) is 38.1 Å². The maximum absolute atomic E-state index is 12.1. The lowest BCUT2D eigenvalue weighted by atomic mass is 10.0. The van der Waals surface area contributed by atoms with Crippen molar-refractivity contribution in [2.45, 2.75) is 53.6 Å². The first-order valence-corrected chi connectivity index (χ1v) is 11.7. The number of thiazole rings is 1. The molecule has 2 heterocycles. The fourth-order valence-electron chi connectivity index (χ4n) is 3.42. The van der Waals surface area contributed by atoms with E-state index in [1.165, 1.54) is 11.3 Å². The van der Waals surface area contributed by atoms with Gasteiger partial charge in [0.2, 0.25) is 0 Å². The van der Waals surface area contributed by atoms with Crippen LogP contribution in [0.5, 0.6) is 0 Å². The molecule has 31 heavy (non-hydrogen) atoms. The van der Waals surface area contributed by atoms with Gasteiger partial charge in [-0.05, 0) is 33.6 Å². The monoisotopic (exact) mass is 567 g/mol. The molecule has 1 aliphatic rings. The Hall–Kier alpha value is -0.980. The number of carbonyl (C=O) groups excluding carboxylic acids is 1. The minimum Gasteiger partial charge on any atom is -0.462 e. The van der Waals surface area contributed by atoms with Crippen LogP contribution in [-0.4, -0.2) is 73.9 Å². The number of ether oxygens (including phenoxy) is 2. The van der Waals surface area contributed by atoms with Crippen molar-refractivity contribution in [1.82, 2.24) is 20.5 Å². The Morgan fingerprint density at radius 1 is 1.29 bits per heavy atom. The molecular formula is C21H38IN5O3S. The molecule has 0 spiro atoms. The van der Waals surface area contributed by atoms with Crippen molar-refractivity contribution in [2.75, 3.05) is 46.0 Å². The number of morpholine rings is 1. The summed E-state index contributed by atoms with van der Waals surface area (Å²) in [5, 5.41) is 7.60. The third kappa shape index (κ3) is 8.47. The number of nitrogens with zero attached hydrogens (tertiary/aromatic N) is 3. The van der Waals surface area contributed by atoms with E-state index in [-0.39, 0.29) is 36.0 Å². The molecule has 1 aliphatic heterocycles. The molecule has 0 amide bonds. The molecule has 2 N–H and O–H groups in total. The van der Waals surface area contributed by atoms with Crippen LogP contribution in [-0.2, 0) is 9.47 Å². The number of hydrogen-bond acceptors (Lipinski definition) is 7. The third-order valence-corrected chi connectivity index (χ3v) is 6.38. The summed E-state index contributed by atoms with van der Waals surface area (Å²) in [6.07, 6.45) is 0. The zero-order valence-electron chi connectivity index (χ0n) is 19.6. The Balaban J connectivity index is 0.00000480. The van der Waals surface area contributed by atoms with E-state index in [1.54, 1.807) is 6.92 Å². The van der Waals surface area contributed by atoms with Gasteiger partial charge in [-0.1, -0.05) is 13.8 Å². The fraction of sp³-hybridized carbons (Fsp3) is 0.762. The predicted octanol–water partition coefficient (Wildman–Crippen LogP) is 3.22. The van der Waals surface area contributed by atoms with Crippen LogP contribution in [0.2, 0.25) is 0 Å². The molecule has 1 saturated heterocycles.